The molecule has 1 atom stereocenters. The summed E-state index contributed by atoms with van der Waals surface area (Å²) in [6.07, 6.45) is 1.94. The van der Waals surface area contributed by atoms with Crippen LogP contribution in [0.5, 0.6) is 0 Å². The summed E-state index contributed by atoms with van der Waals surface area (Å²) < 4.78 is 22.0. The van der Waals surface area contributed by atoms with Crippen molar-refractivity contribution in [3.63, 3.8) is 0 Å². The molecule has 0 radical (unpaired) electrons. The van der Waals surface area contributed by atoms with Crippen LogP contribution in [0.4, 0.5) is 0 Å². The molecule has 1 aromatic heterocycles. The molecule has 5 nitrogen and oxygen atoms in total. The van der Waals surface area contributed by atoms with Crippen LogP contribution >= 0.6 is 0 Å². The zero-order valence-electron chi connectivity index (χ0n) is 11.6. The van der Waals surface area contributed by atoms with Gasteiger partial charge in [0.2, 0.25) is 5.91 Å². The van der Waals surface area contributed by atoms with Gasteiger partial charge in [0.1, 0.15) is 0 Å². The fraction of sp³-hybridized carbons (Fsp3) is 0.0625. The second-order valence-electron chi connectivity index (χ2n) is 4.97. The summed E-state index contributed by atoms with van der Waals surface area (Å²) in [5, 5.41) is 0.949. The zero-order chi connectivity index (χ0) is 15.7. The Bertz CT molecular complexity index is 869. The Balaban J connectivity index is 1.90. The van der Waals surface area contributed by atoms with E-state index in [1.807, 2.05) is 35.0 Å². The maximum absolute atomic E-state index is 11.2. The molecule has 0 spiro atoms. The van der Waals surface area contributed by atoms with Crippen molar-refractivity contribution in [2.45, 2.75) is 11.4 Å². The molecule has 0 aliphatic heterocycles. The molecule has 0 saturated heterocycles. The van der Waals surface area contributed by atoms with Gasteiger partial charge in [0, 0.05) is 29.2 Å². The molecule has 0 fully saturated rings. The largest absolute Gasteiger partial charge is 0.366 e. The molecule has 1 heterocycles. The average molecular weight is 314 g/mol. The SMILES string of the molecule is NC(=O)c1ccc2c(ccn2Cc2ccc(S(=O)O)cc2)c1. The molecular weight excluding hydrogens is 300 g/mol. The number of primary amides is 1. The molecule has 0 aliphatic carbocycles. The summed E-state index contributed by atoms with van der Waals surface area (Å²) in [5.41, 5.74) is 7.79. The van der Waals surface area contributed by atoms with E-state index < -0.39 is 17.0 Å². The third-order valence-corrected chi connectivity index (χ3v) is 4.21. The van der Waals surface area contributed by atoms with Crippen molar-refractivity contribution < 1.29 is 13.6 Å². The minimum Gasteiger partial charge on any atom is -0.366 e. The average Bonchev–Trinajstić information content (AvgIpc) is 2.90. The molecule has 0 aliphatic rings. The Hall–Kier alpha value is -2.44. The summed E-state index contributed by atoms with van der Waals surface area (Å²) in [6, 6.07) is 14.2. The highest BCUT2D eigenvalue weighted by atomic mass is 32.2. The van der Waals surface area contributed by atoms with E-state index >= 15 is 0 Å². The van der Waals surface area contributed by atoms with Gasteiger partial charge in [-0.15, -0.1) is 0 Å². The lowest BCUT2D eigenvalue weighted by Gasteiger charge is -2.07. The van der Waals surface area contributed by atoms with Gasteiger partial charge in [0.05, 0.1) is 4.90 Å². The van der Waals surface area contributed by atoms with E-state index in [0.717, 1.165) is 16.5 Å². The van der Waals surface area contributed by atoms with E-state index in [-0.39, 0.29) is 0 Å². The van der Waals surface area contributed by atoms with Crippen LogP contribution in [0.25, 0.3) is 10.9 Å². The molecule has 22 heavy (non-hydrogen) atoms. The van der Waals surface area contributed by atoms with Gasteiger partial charge < -0.3 is 14.9 Å². The number of fused-ring (bicyclic) bond motifs is 1. The van der Waals surface area contributed by atoms with Crippen LogP contribution in [-0.2, 0) is 17.6 Å². The van der Waals surface area contributed by atoms with Crippen molar-refractivity contribution >= 4 is 27.9 Å². The number of nitrogens with two attached hydrogens (primary N) is 1. The van der Waals surface area contributed by atoms with Crippen molar-refractivity contribution in [3.05, 3.63) is 65.9 Å². The lowest BCUT2D eigenvalue weighted by atomic mass is 10.1. The number of carbonyl (C=O) groups excluding carboxylic acids is 1. The fourth-order valence-electron chi connectivity index (χ4n) is 2.40. The predicted molar refractivity (Wildman–Crippen MR) is 85.0 cm³/mol. The van der Waals surface area contributed by atoms with E-state index in [0.29, 0.717) is 17.0 Å². The first-order valence-corrected chi connectivity index (χ1v) is 7.74. The molecule has 112 valence electrons. The van der Waals surface area contributed by atoms with E-state index in [2.05, 4.69) is 0 Å². The van der Waals surface area contributed by atoms with Gasteiger partial charge >= 0.3 is 0 Å². The topological polar surface area (TPSA) is 85.3 Å². The molecule has 0 bridgehead atoms. The van der Waals surface area contributed by atoms with Gasteiger partial charge in [-0.1, -0.05) is 12.1 Å². The van der Waals surface area contributed by atoms with Crippen molar-refractivity contribution in [2.75, 3.05) is 0 Å². The lowest BCUT2D eigenvalue weighted by Crippen LogP contribution is -2.10. The number of hydrogen-bond acceptors (Lipinski definition) is 2. The van der Waals surface area contributed by atoms with Crippen LogP contribution in [0.1, 0.15) is 15.9 Å². The van der Waals surface area contributed by atoms with Crippen molar-refractivity contribution in [3.8, 4) is 0 Å². The number of benzene rings is 2. The summed E-state index contributed by atoms with van der Waals surface area (Å²) in [4.78, 5) is 11.6. The van der Waals surface area contributed by atoms with Crippen LogP contribution in [0.2, 0.25) is 0 Å². The normalized spacial score (nSPS) is 12.4. The molecule has 3 rings (SSSR count). The van der Waals surface area contributed by atoms with Crippen LogP contribution in [0.3, 0.4) is 0 Å². The molecule has 1 amide bonds. The van der Waals surface area contributed by atoms with Crippen molar-refractivity contribution in [1.82, 2.24) is 4.57 Å². The first-order chi connectivity index (χ1) is 10.5. The van der Waals surface area contributed by atoms with E-state index in [4.69, 9.17) is 10.3 Å². The molecule has 3 N–H and O–H groups in total. The smallest absolute Gasteiger partial charge is 0.248 e. The minimum absolute atomic E-state index is 0.382. The Morgan fingerprint density at radius 3 is 2.50 bits per heavy atom. The zero-order valence-corrected chi connectivity index (χ0v) is 12.4. The Morgan fingerprint density at radius 1 is 1.14 bits per heavy atom. The standard InChI is InChI=1S/C16H14N2O3S/c17-16(19)13-3-6-15-12(9-13)7-8-18(15)10-11-1-4-14(5-2-11)22(20)21/h1-9H,10H2,(H2,17,19)(H,20,21). The first kappa shape index (κ1) is 14.5. The Kier molecular flexibility index (Phi) is 3.79. The number of carbonyl (C=O) groups is 1. The Labute approximate surface area is 129 Å². The van der Waals surface area contributed by atoms with Gasteiger partial charge in [-0.3, -0.25) is 4.79 Å². The summed E-state index contributed by atoms with van der Waals surface area (Å²) >= 11 is -1.96. The molecular formula is C16H14N2O3S. The molecule has 6 heteroatoms. The maximum Gasteiger partial charge on any atom is 0.248 e. The molecule has 1 unspecified atom stereocenters. The monoisotopic (exact) mass is 314 g/mol. The van der Waals surface area contributed by atoms with Gasteiger partial charge in [-0.25, -0.2) is 4.21 Å². The summed E-state index contributed by atoms with van der Waals surface area (Å²) in [7, 11) is 0. The van der Waals surface area contributed by atoms with E-state index in [1.165, 1.54) is 0 Å². The second kappa shape index (κ2) is 5.75. The number of nitrogens with zero attached hydrogens (tertiary/aromatic N) is 1. The quantitative estimate of drug-likeness (QED) is 0.725. The molecule has 3 aromatic rings. The van der Waals surface area contributed by atoms with Crippen LogP contribution < -0.4 is 5.73 Å². The highest BCUT2D eigenvalue weighted by Crippen LogP contribution is 2.19. The second-order valence-corrected chi connectivity index (χ2v) is 5.94. The molecule has 2 aromatic carbocycles. The van der Waals surface area contributed by atoms with Crippen LogP contribution in [0, 0.1) is 0 Å². The van der Waals surface area contributed by atoms with Crippen LogP contribution in [-0.4, -0.2) is 19.2 Å². The number of aromatic nitrogens is 1. The van der Waals surface area contributed by atoms with E-state index in [9.17, 15) is 9.00 Å². The highest BCUT2D eigenvalue weighted by Gasteiger charge is 2.06. The van der Waals surface area contributed by atoms with Crippen LogP contribution in [0.15, 0.2) is 59.6 Å². The minimum atomic E-state index is -1.96. The molecule has 0 saturated carbocycles. The number of hydrogen-bond donors (Lipinski definition) is 2. The number of rotatable bonds is 4. The fourth-order valence-corrected chi connectivity index (χ4v) is 2.77. The predicted octanol–water partition coefficient (Wildman–Crippen LogP) is 2.37. The van der Waals surface area contributed by atoms with Gasteiger partial charge in [-0.05, 0) is 42.0 Å². The Morgan fingerprint density at radius 2 is 1.86 bits per heavy atom. The summed E-state index contributed by atoms with van der Waals surface area (Å²) in [5.74, 6) is -0.442. The number of amides is 1. The third kappa shape index (κ3) is 2.79. The van der Waals surface area contributed by atoms with Crippen molar-refractivity contribution in [1.29, 1.82) is 0 Å². The first-order valence-electron chi connectivity index (χ1n) is 6.63. The lowest BCUT2D eigenvalue weighted by molar-refractivity contribution is 0.100. The third-order valence-electron chi connectivity index (χ3n) is 3.53. The van der Waals surface area contributed by atoms with E-state index in [1.54, 1.807) is 24.3 Å². The summed E-state index contributed by atoms with van der Waals surface area (Å²) in [6.45, 7) is 0.637. The highest BCUT2D eigenvalue weighted by molar-refractivity contribution is 7.79. The maximum atomic E-state index is 11.2. The van der Waals surface area contributed by atoms with Gasteiger partial charge in [-0.2, -0.15) is 0 Å². The van der Waals surface area contributed by atoms with Gasteiger partial charge in [0.15, 0.2) is 11.1 Å². The van der Waals surface area contributed by atoms with Crippen molar-refractivity contribution in [2.24, 2.45) is 5.73 Å². The van der Waals surface area contributed by atoms with Gasteiger partial charge in [0.25, 0.3) is 0 Å².